The van der Waals surface area contributed by atoms with E-state index >= 15 is 0 Å². The second-order valence-electron chi connectivity index (χ2n) is 9.43. The van der Waals surface area contributed by atoms with Crippen LogP contribution in [-0.4, -0.2) is 61.2 Å². The molecule has 0 fully saturated rings. The number of H-pyrrole nitrogens is 1. The fourth-order valence-corrected chi connectivity index (χ4v) is 5.16. The average molecular weight is 573 g/mol. The molecule has 1 atom stereocenters. The molecule has 208 valence electrons. The molecule has 13 heteroatoms. The molecule has 3 aromatic heterocycles. The van der Waals surface area contributed by atoms with Crippen molar-refractivity contribution >= 4 is 23.4 Å². The minimum atomic E-state index is -0.550. The number of hydrogen-bond acceptors (Lipinski definition) is 8. The van der Waals surface area contributed by atoms with Crippen LogP contribution in [0.5, 0.6) is 0 Å². The van der Waals surface area contributed by atoms with Gasteiger partial charge in [0.2, 0.25) is 0 Å². The molecule has 0 saturated carbocycles. The van der Waals surface area contributed by atoms with Crippen LogP contribution in [0.1, 0.15) is 23.9 Å². The van der Waals surface area contributed by atoms with Gasteiger partial charge < -0.3 is 19.0 Å². The van der Waals surface area contributed by atoms with Crippen molar-refractivity contribution < 1.29 is 14.3 Å². The summed E-state index contributed by atoms with van der Waals surface area (Å²) in [7, 11) is 1.54. The van der Waals surface area contributed by atoms with Gasteiger partial charge in [0.1, 0.15) is 18.8 Å². The first-order valence-electron chi connectivity index (χ1n) is 12.9. The molecule has 5 aromatic rings. The number of amides is 1. The van der Waals surface area contributed by atoms with Gasteiger partial charge in [-0.3, -0.25) is 10.1 Å². The molecule has 0 saturated heterocycles. The van der Waals surface area contributed by atoms with Crippen LogP contribution in [0.15, 0.2) is 71.9 Å². The molecule has 2 N–H and O–H groups in total. The Labute approximate surface area is 238 Å². The first-order valence-corrected chi connectivity index (χ1v) is 13.2. The number of fused-ring (bicyclic) bond motifs is 1. The Hall–Kier alpha value is -4.81. The van der Waals surface area contributed by atoms with E-state index in [4.69, 9.17) is 21.1 Å². The number of nitrogens with zero attached hydrogens (tertiary/aromatic N) is 6. The predicted molar refractivity (Wildman–Crippen MR) is 151 cm³/mol. The number of carbonyl (C=O) groups is 1. The van der Waals surface area contributed by atoms with Crippen molar-refractivity contribution in [2.45, 2.75) is 18.9 Å². The summed E-state index contributed by atoms with van der Waals surface area (Å²) in [6.07, 6.45) is 4.20. The molecule has 1 amide bonds. The molecule has 1 aliphatic rings. The first-order chi connectivity index (χ1) is 20.0. The molecule has 1 aliphatic heterocycles. The minimum absolute atomic E-state index is 0.119. The van der Waals surface area contributed by atoms with E-state index in [0.29, 0.717) is 23.1 Å². The van der Waals surface area contributed by atoms with E-state index in [9.17, 15) is 9.59 Å². The minimum Gasteiger partial charge on any atom is -0.447 e. The fraction of sp³-hybridized carbons (Fsp3) is 0.214. The van der Waals surface area contributed by atoms with Gasteiger partial charge in [0.05, 0.1) is 30.2 Å². The molecule has 2 aromatic carbocycles. The van der Waals surface area contributed by atoms with Gasteiger partial charge in [0, 0.05) is 40.7 Å². The van der Waals surface area contributed by atoms with Gasteiger partial charge in [-0.1, -0.05) is 11.6 Å². The summed E-state index contributed by atoms with van der Waals surface area (Å²) in [4.78, 5) is 33.2. The number of aryl methyl sites for hydroxylation is 1. The van der Waals surface area contributed by atoms with E-state index in [0.717, 1.165) is 46.6 Å². The van der Waals surface area contributed by atoms with Crippen LogP contribution < -0.4 is 10.9 Å². The van der Waals surface area contributed by atoms with E-state index in [2.05, 4.69) is 30.8 Å². The van der Waals surface area contributed by atoms with Crippen LogP contribution in [-0.2, 0) is 15.9 Å². The van der Waals surface area contributed by atoms with Crippen molar-refractivity contribution in [2.24, 2.45) is 0 Å². The summed E-state index contributed by atoms with van der Waals surface area (Å²) in [6.45, 7) is 0.503. The monoisotopic (exact) mass is 572 g/mol. The molecule has 12 nitrogen and oxygen atoms in total. The number of benzene rings is 2. The number of carbonyl (C=O) groups excluding carboxylic acids is 1. The summed E-state index contributed by atoms with van der Waals surface area (Å²) in [6, 6.07) is 16.1. The number of halogens is 1. The second kappa shape index (κ2) is 11.4. The van der Waals surface area contributed by atoms with Gasteiger partial charge in [0.25, 0.3) is 5.56 Å². The topological polar surface area (TPSA) is 142 Å². The lowest BCUT2D eigenvalue weighted by Crippen LogP contribution is -2.23. The predicted octanol–water partition coefficient (Wildman–Crippen LogP) is 4.27. The molecule has 0 unspecified atom stereocenters. The molecule has 0 spiro atoms. The van der Waals surface area contributed by atoms with E-state index in [1.807, 2.05) is 34.9 Å². The zero-order valence-corrected chi connectivity index (χ0v) is 22.7. The Morgan fingerprint density at radius 3 is 2.76 bits per heavy atom. The number of ether oxygens (including phenoxy) is 2. The van der Waals surface area contributed by atoms with E-state index in [-0.39, 0.29) is 18.2 Å². The van der Waals surface area contributed by atoms with Crippen LogP contribution in [0.25, 0.3) is 28.2 Å². The number of hydrogen-bond donors (Lipinski definition) is 2. The molecule has 6 rings (SSSR count). The Kier molecular flexibility index (Phi) is 7.32. The summed E-state index contributed by atoms with van der Waals surface area (Å²) in [5, 5.41) is 14.7. The van der Waals surface area contributed by atoms with Gasteiger partial charge in [-0.2, -0.15) is 4.68 Å². The summed E-state index contributed by atoms with van der Waals surface area (Å²) in [5.74, 6) is 0.664. The highest BCUT2D eigenvalue weighted by molar-refractivity contribution is 6.31. The number of tetrazole rings is 1. The third-order valence-corrected chi connectivity index (χ3v) is 7.11. The maximum atomic E-state index is 13.5. The number of aromatic nitrogens is 7. The maximum absolute atomic E-state index is 13.5. The van der Waals surface area contributed by atoms with Gasteiger partial charge in [-0.15, -0.1) is 5.10 Å². The highest BCUT2D eigenvalue weighted by Crippen LogP contribution is 2.34. The van der Waals surface area contributed by atoms with Gasteiger partial charge in [-0.05, 0) is 77.4 Å². The zero-order valence-electron chi connectivity index (χ0n) is 22.0. The van der Waals surface area contributed by atoms with Crippen LogP contribution in [0.2, 0.25) is 5.02 Å². The maximum Gasteiger partial charge on any atom is 0.411 e. The lowest BCUT2D eigenvalue weighted by molar-refractivity contribution is 0.107. The van der Waals surface area contributed by atoms with E-state index < -0.39 is 6.09 Å². The molecule has 0 bridgehead atoms. The van der Waals surface area contributed by atoms with Gasteiger partial charge in [-0.25, -0.2) is 9.78 Å². The lowest BCUT2D eigenvalue weighted by atomic mass is 10.0. The number of methoxy groups -OCH3 is 1. The Morgan fingerprint density at radius 2 is 1.98 bits per heavy atom. The number of imidazole rings is 1. The highest BCUT2D eigenvalue weighted by Gasteiger charge is 2.27. The van der Waals surface area contributed by atoms with Gasteiger partial charge in [0.15, 0.2) is 0 Å². The fourth-order valence-electron chi connectivity index (χ4n) is 4.99. The molecular formula is C28H25ClN8O4. The smallest absolute Gasteiger partial charge is 0.411 e. The summed E-state index contributed by atoms with van der Waals surface area (Å²) < 4.78 is 13.2. The van der Waals surface area contributed by atoms with Crippen LogP contribution in [0.4, 0.5) is 10.5 Å². The Morgan fingerprint density at radius 1 is 1.12 bits per heavy atom. The van der Waals surface area contributed by atoms with E-state index in [1.54, 1.807) is 35.1 Å². The third kappa shape index (κ3) is 5.47. The molecule has 41 heavy (non-hydrogen) atoms. The van der Waals surface area contributed by atoms with Crippen LogP contribution in [0.3, 0.4) is 0 Å². The highest BCUT2D eigenvalue weighted by atomic mass is 35.5. The lowest BCUT2D eigenvalue weighted by Gasteiger charge is -2.15. The first kappa shape index (κ1) is 26.4. The second-order valence-corrected chi connectivity index (χ2v) is 9.87. The number of pyridine rings is 1. The molecular weight excluding hydrogens is 548 g/mol. The molecule has 0 aliphatic carbocycles. The van der Waals surface area contributed by atoms with Crippen molar-refractivity contribution in [1.82, 2.24) is 34.7 Å². The van der Waals surface area contributed by atoms with Crippen molar-refractivity contribution in [3.63, 3.8) is 0 Å². The number of aromatic amines is 1. The molecule has 4 heterocycles. The zero-order chi connectivity index (χ0) is 28.3. The average Bonchev–Trinajstić information content (AvgIpc) is 3.75. The Balaban J connectivity index is 1.22. The van der Waals surface area contributed by atoms with Crippen molar-refractivity contribution in [3.8, 4) is 28.2 Å². The molecule has 0 radical (unpaired) electrons. The van der Waals surface area contributed by atoms with Crippen molar-refractivity contribution in [2.75, 3.05) is 25.6 Å². The largest absolute Gasteiger partial charge is 0.447 e. The summed E-state index contributed by atoms with van der Waals surface area (Å²) in [5.41, 5.74) is 5.31. The SMILES string of the molecule is COCCOC(=O)Nc1ccc(-c2ncc([C@@H]3CCc4cc(-c5cc(Cl)ccc5-n5cnnn5)cc(=O)n43)[nH]2)cc1. The van der Waals surface area contributed by atoms with Crippen molar-refractivity contribution in [3.05, 3.63) is 93.9 Å². The number of nitrogens with one attached hydrogen (secondary N) is 2. The van der Waals surface area contributed by atoms with Crippen LogP contribution >= 0.6 is 11.6 Å². The summed E-state index contributed by atoms with van der Waals surface area (Å²) >= 11 is 6.31. The normalized spacial score (nSPS) is 14.1. The standard InChI is InChI=1S/C28H25ClN8O4/c1-40-10-11-41-28(39)32-20-5-2-17(3-6-20)27-30-15-23(33-27)25-9-7-21-12-18(13-26(38)37(21)25)22-14-19(29)4-8-24(22)36-16-31-34-35-36/h2-6,8,12-16,25H,7,9-11H2,1H3,(H,30,33)(H,32,39)/t25-/m0/s1. The van der Waals surface area contributed by atoms with E-state index in [1.165, 1.54) is 13.4 Å². The van der Waals surface area contributed by atoms with Crippen molar-refractivity contribution in [1.29, 1.82) is 0 Å². The Bertz CT molecular complexity index is 1750. The number of rotatable bonds is 8. The van der Waals surface area contributed by atoms with Crippen LogP contribution in [0, 0.1) is 0 Å². The quantitative estimate of drug-likeness (QED) is 0.263. The van der Waals surface area contributed by atoms with Gasteiger partial charge >= 0.3 is 6.09 Å². The number of anilines is 1. The third-order valence-electron chi connectivity index (χ3n) is 6.88.